The molecule has 0 heterocycles. The maximum Gasteiger partial charge on any atom is 0.422 e. The summed E-state index contributed by atoms with van der Waals surface area (Å²) in [6.07, 6.45) is -4.89. The summed E-state index contributed by atoms with van der Waals surface area (Å²) in [6, 6.07) is 2.83. The highest BCUT2D eigenvalue weighted by Gasteiger charge is 2.31. The Morgan fingerprint density at radius 1 is 0.963 bits per heavy atom. The molecule has 152 valence electrons. The number of carbonyl (C=O) groups is 1. The van der Waals surface area contributed by atoms with Gasteiger partial charge in [0, 0.05) is 6.04 Å². The van der Waals surface area contributed by atoms with Gasteiger partial charge in [0.2, 0.25) is 0 Å². The third-order valence-corrected chi connectivity index (χ3v) is 3.93. The van der Waals surface area contributed by atoms with E-state index in [1.165, 1.54) is 0 Å². The van der Waals surface area contributed by atoms with Gasteiger partial charge in [0.25, 0.3) is 5.91 Å². The van der Waals surface area contributed by atoms with Crippen LogP contribution in [0.1, 0.15) is 42.5 Å². The number of hydrogen-bond donors (Lipinski definition) is 1. The molecule has 1 fully saturated rings. The zero-order valence-corrected chi connectivity index (χ0v) is 14.3. The van der Waals surface area contributed by atoms with Gasteiger partial charge < -0.3 is 14.8 Å². The van der Waals surface area contributed by atoms with E-state index in [4.69, 9.17) is 0 Å². The lowest BCUT2D eigenvalue weighted by molar-refractivity contribution is -0.154. The number of nitrogens with one attached hydrogen (secondary N) is 1. The summed E-state index contributed by atoms with van der Waals surface area (Å²) < 4.78 is 83.3. The molecule has 0 saturated heterocycles. The van der Waals surface area contributed by atoms with Gasteiger partial charge in [0.05, 0.1) is 5.56 Å². The molecule has 0 atom stereocenters. The van der Waals surface area contributed by atoms with Crippen LogP contribution in [0.15, 0.2) is 18.2 Å². The number of halogens is 6. The summed E-state index contributed by atoms with van der Waals surface area (Å²) in [7, 11) is 0. The van der Waals surface area contributed by atoms with E-state index in [0.717, 1.165) is 50.3 Å². The van der Waals surface area contributed by atoms with Gasteiger partial charge in [0.1, 0.15) is 11.5 Å². The molecule has 10 heteroatoms. The minimum atomic E-state index is -4.62. The van der Waals surface area contributed by atoms with Crippen molar-refractivity contribution in [3.8, 4) is 11.5 Å². The van der Waals surface area contributed by atoms with E-state index >= 15 is 0 Å². The molecular formula is C17H19F6NO3. The van der Waals surface area contributed by atoms with Crippen molar-refractivity contribution in [2.75, 3.05) is 13.2 Å². The quantitative estimate of drug-likeness (QED) is 0.710. The predicted octanol–water partition coefficient (Wildman–Crippen LogP) is 4.63. The molecular weight excluding hydrogens is 380 g/mol. The second-order valence-electron chi connectivity index (χ2n) is 6.27. The average molecular weight is 399 g/mol. The fourth-order valence-corrected chi connectivity index (χ4v) is 2.74. The number of alkyl halides is 6. The van der Waals surface area contributed by atoms with Gasteiger partial charge in [-0.25, -0.2) is 0 Å². The third-order valence-electron chi connectivity index (χ3n) is 3.93. The van der Waals surface area contributed by atoms with Crippen molar-refractivity contribution in [3.63, 3.8) is 0 Å². The van der Waals surface area contributed by atoms with Gasteiger partial charge in [-0.05, 0) is 31.0 Å². The largest absolute Gasteiger partial charge is 0.484 e. The smallest absolute Gasteiger partial charge is 0.422 e. The van der Waals surface area contributed by atoms with Crippen molar-refractivity contribution >= 4 is 5.91 Å². The van der Waals surface area contributed by atoms with Crippen LogP contribution in [0, 0.1) is 0 Å². The summed E-state index contributed by atoms with van der Waals surface area (Å²) in [6.45, 7) is -3.21. The van der Waals surface area contributed by atoms with Crippen LogP contribution in [-0.4, -0.2) is 37.5 Å². The second kappa shape index (κ2) is 8.71. The average Bonchev–Trinajstić information content (AvgIpc) is 2.58. The third kappa shape index (κ3) is 7.56. The molecule has 4 nitrogen and oxygen atoms in total. The van der Waals surface area contributed by atoms with Gasteiger partial charge in [-0.1, -0.05) is 19.3 Å². The Morgan fingerprint density at radius 3 is 2.15 bits per heavy atom. The first-order valence-electron chi connectivity index (χ1n) is 8.37. The maximum absolute atomic E-state index is 12.5. The Kier molecular flexibility index (Phi) is 6.83. The standard InChI is InChI=1S/C17H19F6NO3/c18-16(19,20)9-26-12-6-7-14(27-10-17(21,22)23)13(8-12)15(25)24-11-4-2-1-3-5-11/h6-8,11H,1-5,9-10H2,(H,24,25). The van der Waals surface area contributed by atoms with Crippen LogP contribution in [0.3, 0.4) is 0 Å². The first kappa shape index (κ1) is 21.2. The maximum atomic E-state index is 12.5. The van der Waals surface area contributed by atoms with Crippen molar-refractivity contribution in [1.82, 2.24) is 5.32 Å². The first-order valence-corrected chi connectivity index (χ1v) is 8.37. The van der Waals surface area contributed by atoms with E-state index in [2.05, 4.69) is 14.8 Å². The van der Waals surface area contributed by atoms with E-state index in [0.29, 0.717) is 0 Å². The SMILES string of the molecule is O=C(NC1CCCCC1)c1cc(OCC(F)(F)F)ccc1OCC(F)(F)F. The molecule has 1 aliphatic carbocycles. The fourth-order valence-electron chi connectivity index (χ4n) is 2.74. The highest BCUT2D eigenvalue weighted by Crippen LogP contribution is 2.28. The summed E-state index contributed by atoms with van der Waals surface area (Å²) in [5, 5.41) is 2.69. The highest BCUT2D eigenvalue weighted by molar-refractivity contribution is 5.97. The molecule has 1 saturated carbocycles. The van der Waals surface area contributed by atoms with Gasteiger partial charge >= 0.3 is 12.4 Å². The van der Waals surface area contributed by atoms with Crippen LogP contribution in [0.4, 0.5) is 26.3 Å². The highest BCUT2D eigenvalue weighted by atomic mass is 19.4. The van der Waals surface area contributed by atoms with E-state index in [9.17, 15) is 31.1 Å². The molecule has 2 rings (SSSR count). The second-order valence-corrected chi connectivity index (χ2v) is 6.27. The van der Waals surface area contributed by atoms with Gasteiger partial charge in [0.15, 0.2) is 13.2 Å². The predicted molar refractivity (Wildman–Crippen MR) is 83.9 cm³/mol. The van der Waals surface area contributed by atoms with Crippen LogP contribution in [-0.2, 0) is 0 Å². The topological polar surface area (TPSA) is 47.6 Å². The molecule has 0 unspecified atom stereocenters. The monoisotopic (exact) mass is 399 g/mol. The van der Waals surface area contributed by atoms with E-state index in [1.54, 1.807) is 0 Å². The van der Waals surface area contributed by atoms with Crippen LogP contribution >= 0.6 is 0 Å². The molecule has 0 spiro atoms. The molecule has 27 heavy (non-hydrogen) atoms. The Balaban J connectivity index is 2.17. The number of rotatable bonds is 6. The summed E-state index contributed by atoms with van der Waals surface area (Å²) in [5.41, 5.74) is -0.301. The van der Waals surface area contributed by atoms with E-state index in [-0.39, 0.29) is 23.1 Å². The Morgan fingerprint density at radius 2 is 1.56 bits per heavy atom. The minimum absolute atomic E-state index is 0.138. The lowest BCUT2D eigenvalue weighted by Crippen LogP contribution is -2.36. The van der Waals surface area contributed by atoms with Crippen LogP contribution < -0.4 is 14.8 Å². The van der Waals surface area contributed by atoms with Crippen molar-refractivity contribution in [2.24, 2.45) is 0 Å². The molecule has 1 N–H and O–H groups in total. The van der Waals surface area contributed by atoms with Crippen molar-refractivity contribution < 1.29 is 40.6 Å². The molecule has 0 bridgehead atoms. The Hall–Kier alpha value is -2.13. The number of ether oxygens (including phenoxy) is 2. The summed E-state index contributed by atoms with van der Waals surface area (Å²) >= 11 is 0. The van der Waals surface area contributed by atoms with Gasteiger partial charge in [-0.15, -0.1) is 0 Å². The van der Waals surface area contributed by atoms with Crippen LogP contribution in [0.5, 0.6) is 11.5 Å². The van der Waals surface area contributed by atoms with Crippen molar-refractivity contribution in [2.45, 2.75) is 50.5 Å². The van der Waals surface area contributed by atoms with E-state index in [1.807, 2.05) is 0 Å². The number of hydrogen-bond acceptors (Lipinski definition) is 3. The zero-order valence-electron chi connectivity index (χ0n) is 14.3. The van der Waals surface area contributed by atoms with E-state index < -0.39 is 31.5 Å². The molecule has 0 radical (unpaired) electrons. The number of carbonyl (C=O) groups excluding carboxylic acids is 1. The molecule has 1 aromatic carbocycles. The lowest BCUT2D eigenvalue weighted by Gasteiger charge is -2.23. The summed E-state index contributed by atoms with van der Waals surface area (Å²) in [4.78, 5) is 12.5. The molecule has 0 aromatic heterocycles. The molecule has 0 aliphatic heterocycles. The fraction of sp³-hybridized carbons (Fsp3) is 0.588. The first-order chi connectivity index (χ1) is 12.5. The number of amides is 1. The summed E-state index contributed by atoms with van der Waals surface area (Å²) in [5.74, 6) is -1.38. The Bertz CT molecular complexity index is 639. The molecule has 1 aromatic rings. The van der Waals surface area contributed by atoms with Crippen molar-refractivity contribution in [3.05, 3.63) is 23.8 Å². The molecule has 1 aliphatic rings. The van der Waals surface area contributed by atoms with Gasteiger partial charge in [-0.2, -0.15) is 26.3 Å². The molecule has 1 amide bonds. The van der Waals surface area contributed by atoms with Crippen molar-refractivity contribution in [1.29, 1.82) is 0 Å². The van der Waals surface area contributed by atoms with Gasteiger partial charge in [-0.3, -0.25) is 4.79 Å². The lowest BCUT2D eigenvalue weighted by atomic mass is 9.95. The van der Waals surface area contributed by atoms with Crippen LogP contribution in [0.2, 0.25) is 0 Å². The zero-order chi connectivity index (χ0) is 20.1. The normalized spacial score (nSPS) is 16.1. The minimum Gasteiger partial charge on any atom is -0.484 e. The number of benzene rings is 1. The Labute approximate surface area is 151 Å². The van der Waals surface area contributed by atoms with Crippen LogP contribution in [0.25, 0.3) is 0 Å².